The van der Waals surface area contributed by atoms with Crippen LogP contribution in [0.1, 0.15) is 76.3 Å². The van der Waals surface area contributed by atoms with Gasteiger partial charge < -0.3 is 50.5 Å². The highest BCUT2D eigenvalue weighted by Crippen LogP contribution is 2.33. The van der Waals surface area contributed by atoms with Gasteiger partial charge in [0.2, 0.25) is 11.8 Å². The van der Waals surface area contributed by atoms with Crippen molar-refractivity contribution in [3.63, 3.8) is 0 Å². The van der Waals surface area contributed by atoms with Crippen LogP contribution in [0.4, 0.5) is 29.2 Å². The number of likely N-dealkylation sites (tertiary alicyclic amines) is 2. The fraction of sp³-hybridized carbons (Fsp3) is 0.429. The number of carbonyl (C=O) groups is 4. The van der Waals surface area contributed by atoms with Crippen LogP contribution in [0.5, 0.6) is 0 Å². The van der Waals surface area contributed by atoms with Gasteiger partial charge in [-0.3, -0.25) is 29.0 Å². The third-order valence-corrected chi connectivity index (χ3v) is 15.2. The number of nitrogens with zero attached hydrogens (tertiary/aromatic N) is 12. The Morgan fingerprint density at radius 3 is 1.58 bits per heavy atom. The largest absolute Gasteiger partial charge is 0.379 e. The quantitative estimate of drug-likeness (QED) is 0.0588. The molecule has 22 nitrogen and oxygen atoms in total. The monoisotopic (exact) mass is 1250 g/mol. The Labute approximate surface area is 498 Å². The summed E-state index contributed by atoms with van der Waals surface area (Å²) in [5, 5.41) is 15.7. The SMILES string of the molecule is C#Cc1c(F)cc2c(ncn2CC)c1F.C=CC(=O)N1CC[C@H](n2nc(Br)c(C(N)=O)c2NCCN2CCOCC2)C1.C=CC(=O)N1CC[C@H](n2nc(C#Cc3c(F)cc4c(ncn4CC)c3F)c(C(N)=O)c2NCCN2CCOCC2)C1.S. The van der Waals surface area contributed by atoms with Gasteiger partial charge in [0.1, 0.15) is 50.0 Å². The first kappa shape index (κ1) is 63.8. The Morgan fingerprint density at radius 1 is 0.702 bits per heavy atom. The topological polar surface area (TPSA) is 247 Å². The molecule has 0 spiro atoms. The summed E-state index contributed by atoms with van der Waals surface area (Å²) in [7, 11) is 0. The van der Waals surface area contributed by atoms with E-state index in [9.17, 15) is 32.3 Å². The number of terminal acetylenes is 1. The number of aromatic nitrogens is 8. The number of imidazole rings is 2. The number of carbonyl (C=O) groups excluding carboxylic acids is 4. The van der Waals surface area contributed by atoms with E-state index in [4.69, 9.17) is 27.4 Å². The molecule has 2 aromatic carbocycles. The lowest BCUT2D eigenvalue weighted by molar-refractivity contribution is -0.125. The molecular formula is C56H67BrF4N16O6S. The van der Waals surface area contributed by atoms with Crippen molar-refractivity contribution in [1.29, 1.82) is 0 Å². The Bertz CT molecular complexity index is 3520. The molecule has 4 aliphatic heterocycles. The zero-order chi connectivity index (χ0) is 59.5. The number of ether oxygens (including phenoxy) is 2. The van der Waals surface area contributed by atoms with Crippen molar-refractivity contribution >= 4 is 86.8 Å². The van der Waals surface area contributed by atoms with Gasteiger partial charge in [-0.2, -0.15) is 23.7 Å². The van der Waals surface area contributed by atoms with E-state index in [1.54, 1.807) is 28.3 Å². The van der Waals surface area contributed by atoms with E-state index in [0.717, 1.165) is 52.4 Å². The van der Waals surface area contributed by atoms with Crippen molar-refractivity contribution in [2.75, 3.05) is 116 Å². The van der Waals surface area contributed by atoms with Crippen LogP contribution in [0.2, 0.25) is 0 Å². The first-order valence-corrected chi connectivity index (χ1v) is 27.9. The Kier molecular flexibility index (Phi) is 22.2. The first-order chi connectivity index (χ1) is 40.0. The second kappa shape index (κ2) is 29.2. The summed E-state index contributed by atoms with van der Waals surface area (Å²) in [6, 6.07) is 2.10. The van der Waals surface area contributed by atoms with Gasteiger partial charge in [-0.15, -0.1) is 6.42 Å². The molecule has 0 unspecified atom stereocenters. The van der Waals surface area contributed by atoms with Crippen molar-refractivity contribution in [3.05, 3.63) is 106 Å². The third-order valence-electron chi connectivity index (χ3n) is 14.7. The molecular weight excluding hydrogens is 1180 g/mol. The predicted octanol–water partition coefficient (Wildman–Crippen LogP) is 4.61. The Balaban J connectivity index is 0.000000201. The van der Waals surface area contributed by atoms with Crippen LogP contribution in [-0.2, 0) is 32.2 Å². The van der Waals surface area contributed by atoms with E-state index >= 15 is 4.39 Å². The number of benzene rings is 2. The van der Waals surface area contributed by atoms with E-state index in [1.807, 2.05) is 19.8 Å². The number of primary amides is 2. The van der Waals surface area contributed by atoms with E-state index < -0.39 is 40.6 Å². The number of hydrogen-bond acceptors (Lipinski definition) is 14. The van der Waals surface area contributed by atoms with Crippen LogP contribution in [0.3, 0.4) is 0 Å². The summed E-state index contributed by atoms with van der Waals surface area (Å²) in [4.78, 5) is 64.6. The highest BCUT2D eigenvalue weighted by atomic mass is 79.9. The highest BCUT2D eigenvalue weighted by Gasteiger charge is 2.34. The van der Waals surface area contributed by atoms with E-state index in [-0.39, 0.29) is 65.2 Å². The summed E-state index contributed by atoms with van der Waals surface area (Å²) >= 11 is 3.35. The highest BCUT2D eigenvalue weighted by molar-refractivity contribution is 9.10. The second-order valence-electron chi connectivity index (χ2n) is 19.6. The molecule has 6 N–H and O–H groups in total. The maximum absolute atomic E-state index is 15.3. The van der Waals surface area contributed by atoms with Crippen molar-refractivity contribution in [2.24, 2.45) is 11.5 Å². The number of hydrogen-bond donors (Lipinski definition) is 4. The van der Waals surface area contributed by atoms with Gasteiger partial charge in [-0.25, -0.2) is 36.9 Å². The Hall–Kier alpha value is -7.73. The summed E-state index contributed by atoms with van der Waals surface area (Å²) in [5.74, 6) is 3.29. The van der Waals surface area contributed by atoms with Gasteiger partial charge in [0.25, 0.3) is 11.8 Å². The molecule has 4 saturated heterocycles. The minimum absolute atomic E-state index is 0. The number of nitrogens with two attached hydrogens (primary N) is 2. The van der Waals surface area contributed by atoms with Crippen LogP contribution >= 0.6 is 29.4 Å². The van der Waals surface area contributed by atoms with Crippen molar-refractivity contribution < 1.29 is 46.2 Å². The summed E-state index contributed by atoms with van der Waals surface area (Å²) < 4.78 is 75.1. The van der Waals surface area contributed by atoms with E-state index in [2.05, 4.69) is 81.5 Å². The molecule has 0 saturated carbocycles. The van der Waals surface area contributed by atoms with E-state index in [1.165, 1.54) is 36.9 Å². The minimum atomic E-state index is -0.891. The maximum Gasteiger partial charge on any atom is 0.255 e. The van der Waals surface area contributed by atoms with Gasteiger partial charge in [0.05, 0.1) is 73.3 Å². The zero-order valence-electron chi connectivity index (χ0n) is 46.6. The predicted molar refractivity (Wildman–Crippen MR) is 316 cm³/mol. The number of rotatable bonds is 16. The van der Waals surface area contributed by atoms with Gasteiger partial charge in [0, 0.05) is 104 Å². The molecule has 4 aliphatic rings. The molecule has 0 aliphatic carbocycles. The summed E-state index contributed by atoms with van der Waals surface area (Å²) in [5.41, 5.74) is 11.7. The molecule has 4 aromatic heterocycles. The number of amides is 4. The minimum Gasteiger partial charge on any atom is -0.379 e. The average Bonchev–Trinajstić information content (AvgIpc) is 3.12. The van der Waals surface area contributed by atoms with Crippen LogP contribution < -0.4 is 22.1 Å². The molecule has 28 heteroatoms. The van der Waals surface area contributed by atoms with Crippen molar-refractivity contribution in [3.8, 4) is 24.2 Å². The molecule has 0 bridgehead atoms. The molecule has 8 heterocycles. The number of fused-ring (bicyclic) bond motifs is 2. The molecule has 0 radical (unpaired) electrons. The molecule has 448 valence electrons. The van der Waals surface area contributed by atoms with Crippen LogP contribution in [0.25, 0.3) is 22.1 Å². The molecule has 4 amide bonds. The molecule has 6 aromatic rings. The summed E-state index contributed by atoms with van der Waals surface area (Å²) in [6.45, 7) is 22.7. The number of nitrogens with one attached hydrogen (secondary N) is 2. The number of halogens is 5. The lowest BCUT2D eigenvalue weighted by Gasteiger charge is -2.27. The molecule has 10 rings (SSSR count). The van der Waals surface area contributed by atoms with Gasteiger partial charge >= 0.3 is 0 Å². The van der Waals surface area contributed by atoms with Gasteiger partial charge in [0.15, 0.2) is 17.3 Å². The standard InChI is InChI=1S/C28H32F2N8O3.C17H25BrN6O3.C11H8F2N2.H2S/c1-3-23(39)37-9-7-18(16-37)38-28(32-8-10-35-11-13-41-14-12-35)24(27(31)40)21(34-38)6-5-19-20(29)15-22-26(25(19)30)33-17-36(22)4-2;1-2-13(25)23-5-3-12(11-23)24-17(14(16(19)26)15(18)21-24)20-4-6-22-7-9-27-10-8-22;1-3-7-8(12)5-9-11(10(7)13)14-6-15(9)4-2;/h3,15,17-18,32H,1,4,7-14,16H2,2H3,(H2,31,40);2,12,20H,1,3-11H2,(H2,19,26);1,5-6H,4H2,2H3;1H2/t18-;12-;;/m00../s1. The fourth-order valence-corrected chi connectivity index (χ4v) is 10.8. The fourth-order valence-electron chi connectivity index (χ4n) is 10.2. The van der Waals surface area contributed by atoms with Gasteiger partial charge in [-0.1, -0.05) is 25.0 Å². The van der Waals surface area contributed by atoms with Crippen LogP contribution in [-0.4, -0.2) is 187 Å². The van der Waals surface area contributed by atoms with Crippen molar-refractivity contribution in [1.82, 2.24) is 58.3 Å². The summed E-state index contributed by atoms with van der Waals surface area (Å²) in [6.07, 6.45) is 11.8. The molecule has 84 heavy (non-hydrogen) atoms. The zero-order valence-corrected chi connectivity index (χ0v) is 49.2. The second-order valence-corrected chi connectivity index (χ2v) is 20.4. The van der Waals surface area contributed by atoms with Crippen LogP contribution in [0.15, 0.2) is 54.7 Å². The lowest BCUT2D eigenvalue weighted by atomic mass is 10.1. The van der Waals surface area contributed by atoms with Crippen molar-refractivity contribution in [2.45, 2.75) is 51.9 Å². The number of morpholine rings is 2. The van der Waals surface area contributed by atoms with E-state index in [0.29, 0.717) is 111 Å². The van der Waals surface area contributed by atoms with Crippen LogP contribution in [0, 0.1) is 47.5 Å². The smallest absolute Gasteiger partial charge is 0.255 e. The lowest BCUT2D eigenvalue weighted by Crippen LogP contribution is -2.39. The average molecular weight is 1250 g/mol. The molecule has 4 fully saturated rings. The third kappa shape index (κ3) is 14.3. The number of anilines is 2. The normalized spacial score (nSPS) is 17.0. The molecule has 2 atom stereocenters. The Morgan fingerprint density at radius 2 is 1.14 bits per heavy atom. The van der Waals surface area contributed by atoms with Gasteiger partial charge in [-0.05, 0) is 60.7 Å². The maximum atomic E-state index is 15.3. The first-order valence-electron chi connectivity index (χ1n) is 27.1. The number of aryl methyl sites for hydroxylation is 2.